The lowest BCUT2D eigenvalue weighted by molar-refractivity contribution is -0.119. The molecule has 2 rings (SSSR count). The van der Waals surface area contributed by atoms with Crippen LogP contribution in [0.4, 0.5) is 5.69 Å². The largest absolute Gasteiger partial charge is 0.478 e. The van der Waals surface area contributed by atoms with E-state index in [-0.39, 0.29) is 17.4 Å². The van der Waals surface area contributed by atoms with Crippen LogP contribution in [0.1, 0.15) is 22.8 Å². The molecule has 1 amide bonds. The van der Waals surface area contributed by atoms with Crippen molar-refractivity contribution in [2.45, 2.75) is 20.4 Å². The van der Waals surface area contributed by atoms with E-state index >= 15 is 0 Å². The zero-order valence-corrected chi connectivity index (χ0v) is 13.8. The number of aromatic nitrogens is 2. The number of rotatable bonds is 5. The van der Waals surface area contributed by atoms with Crippen molar-refractivity contribution in [1.29, 1.82) is 0 Å². The molecule has 1 heterocycles. The highest BCUT2D eigenvalue weighted by molar-refractivity contribution is 9.10. The fourth-order valence-electron chi connectivity index (χ4n) is 2.06. The van der Waals surface area contributed by atoms with Gasteiger partial charge in [0.25, 0.3) is 0 Å². The molecule has 0 spiro atoms. The van der Waals surface area contributed by atoms with Crippen molar-refractivity contribution in [2.24, 2.45) is 5.92 Å². The molecule has 7 heteroatoms. The number of nitrogens with zero attached hydrogens (tertiary/aromatic N) is 2. The van der Waals surface area contributed by atoms with E-state index in [4.69, 9.17) is 5.11 Å². The van der Waals surface area contributed by atoms with Crippen molar-refractivity contribution >= 4 is 33.5 Å². The van der Waals surface area contributed by atoms with E-state index in [0.29, 0.717) is 17.8 Å². The second-order valence-electron chi connectivity index (χ2n) is 5.05. The van der Waals surface area contributed by atoms with E-state index < -0.39 is 5.97 Å². The molecule has 0 bridgehead atoms. The Balaban J connectivity index is 2.08. The van der Waals surface area contributed by atoms with Gasteiger partial charge in [0.05, 0.1) is 28.7 Å². The molecule has 0 aliphatic rings. The molecule has 0 aliphatic heterocycles. The maximum absolute atomic E-state index is 12.2. The first-order chi connectivity index (χ1) is 10.4. The van der Waals surface area contributed by atoms with E-state index in [2.05, 4.69) is 26.3 Å². The molecule has 116 valence electrons. The van der Waals surface area contributed by atoms with Crippen LogP contribution < -0.4 is 5.32 Å². The van der Waals surface area contributed by atoms with E-state index in [9.17, 15) is 9.59 Å². The molecular formula is C15H16BrN3O3. The van der Waals surface area contributed by atoms with Crippen molar-refractivity contribution in [3.05, 3.63) is 46.2 Å². The predicted octanol–water partition coefficient (Wildman–Crippen LogP) is 2.93. The summed E-state index contributed by atoms with van der Waals surface area (Å²) in [5, 5.41) is 16.0. The van der Waals surface area contributed by atoms with Crippen LogP contribution >= 0.6 is 15.9 Å². The van der Waals surface area contributed by atoms with Gasteiger partial charge >= 0.3 is 5.97 Å². The molecule has 1 aromatic carbocycles. The summed E-state index contributed by atoms with van der Waals surface area (Å²) in [7, 11) is 0. The van der Waals surface area contributed by atoms with Gasteiger partial charge in [-0.05, 0) is 40.5 Å². The Morgan fingerprint density at radius 1 is 1.45 bits per heavy atom. The molecule has 0 radical (unpaired) electrons. The standard InChI is InChI=1S/C15H16BrN3O3/c1-9(7-19-8-11(16)6-17-19)14(20)18-13-5-3-4-12(10(13)2)15(21)22/h3-6,8-9H,7H2,1-2H3,(H,18,20)(H,21,22)/t9-/m1/s1. The van der Waals surface area contributed by atoms with Gasteiger partial charge in [-0.1, -0.05) is 13.0 Å². The molecule has 0 fully saturated rings. The SMILES string of the molecule is Cc1c(NC(=O)[C@H](C)Cn2cc(Br)cn2)cccc1C(=O)O. The van der Waals surface area contributed by atoms with Crippen molar-refractivity contribution < 1.29 is 14.7 Å². The number of carboxylic acids is 1. The highest BCUT2D eigenvalue weighted by Gasteiger charge is 2.17. The molecule has 6 nitrogen and oxygen atoms in total. The maximum Gasteiger partial charge on any atom is 0.336 e. The molecule has 0 saturated heterocycles. The van der Waals surface area contributed by atoms with Crippen LogP contribution in [0.15, 0.2) is 35.1 Å². The Labute approximate surface area is 136 Å². The van der Waals surface area contributed by atoms with Crippen molar-refractivity contribution in [1.82, 2.24) is 9.78 Å². The average Bonchev–Trinajstić information content (AvgIpc) is 2.86. The van der Waals surface area contributed by atoms with Gasteiger partial charge in [0.15, 0.2) is 0 Å². The quantitative estimate of drug-likeness (QED) is 0.852. The minimum absolute atomic E-state index is 0.182. The number of carbonyl (C=O) groups is 2. The lowest BCUT2D eigenvalue weighted by atomic mass is 10.1. The summed E-state index contributed by atoms with van der Waals surface area (Å²) in [6.45, 7) is 3.91. The first kappa shape index (κ1) is 16.2. The van der Waals surface area contributed by atoms with E-state index in [0.717, 1.165) is 4.47 Å². The third-order valence-corrected chi connectivity index (χ3v) is 3.74. The average molecular weight is 366 g/mol. The van der Waals surface area contributed by atoms with Crippen molar-refractivity contribution in [2.75, 3.05) is 5.32 Å². The van der Waals surface area contributed by atoms with E-state index in [1.54, 1.807) is 43.1 Å². The smallest absolute Gasteiger partial charge is 0.336 e. The second-order valence-corrected chi connectivity index (χ2v) is 5.97. The zero-order valence-electron chi connectivity index (χ0n) is 12.2. The molecule has 2 N–H and O–H groups in total. The molecule has 0 saturated carbocycles. The fraction of sp³-hybridized carbons (Fsp3) is 0.267. The molecule has 1 atom stereocenters. The highest BCUT2D eigenvalue weighted by atomic mass is 79.9. The number of amides is 1. The number of anilines is 1. The predicted molar refractivity (Wildman–Crippen MR) is 85.9 cm³/mol. The Kier molecular flexibility index (Phi) is 4.97. The Hall–Kier alpha value is -2.15. The van der Waals surface area contributed by atoms with Gasteiger partial charge in [-0.2, -0.15) is 5.10 Å². The Morgan fingerprint density at radius 3 is 2.77 bits per heavy atom. The van der Waals surface area contributed by atoms with E-state index in [1.807, 2.05) is 0 Å². The number of aromatic carboxylic acids is 1. The van der Waals surface area contributed by atoms with Crippen LogP contribution in [-0.4, -0.2) is 26.8 Å². The number of carboxylic acid groups (broad SMARTS) is 1. The fourth-order valence-corrected chi connectivity index (χ4v) is 2.39. The summed E-state index contributed by atoms with van der Waals surface area (Å²) < 4.78 is 2.53. The third kappa shape index (κ3) is 3.73. The van der Waals surface area contributed by atoms with Gasteiger partial charge in [0, 0.05) is 11.9 Å². The van der Waals surface area contributed by atoms with Gasteiger partial charge in [0.1, 0.15) is 0 Å². The zero-order chi connectivity index (χ0) is 16.3. The lowest BCUT2D eigenvalue weighted by Crippen LogP contribution is -2.25. The number of hydrogen-bond acceptors (Lipinski definition) is 3. The van der Waals surface area contributed by atoms with Crippen molar-refractivity contribution in [3.8, 4) is 0 Å². The first-order valence-corrected chi connectivity index (χ1v) is 7.49. The first-order valence-electron chi connectivity index (χ1n) is 6.70. The number of halogens is 1. The number of benzene rings is 1. The monoisotopic (exact) mass is 365 g/mol. The van der Waals surface area contributed by atoms with Crippen LogP contribution in [0.25, 0.3) is 0 Å². The lowest BCUT2D eigenvalue weighted by Gasteiger charge is -2.14. The summed E-state index contributed by atoms with van der Waals surface area (Å²) in [4.78, 5) is 23.4. The summed E-state index contributed by atoms with van der Waals surface area (Å²) in [5.74, 6) is -1.50. The topological polar surface area (TPSA) is 84.2 Å². The van der Waals surface area contributed by atoms with Crippen LogP contribution in [0, 0.1) is 12.8 Å². The summed E-state index contributed by atoms with van der Waals surface area (Å²) in [6, 6.07) is 4.82. The minimum Gasteiger partial charge on any atom is -0.478 e. The minimum atomic E-state index is -1.01. The van der Waals surface area contributed by atoms with Crippen LogP contribution in [0.2, 0.25) is 0 Å². The van der Waals surface area contributed by atoms with E-state index in [1.165, 1.54) is 6.07 Å². The Morgan fingerprint density at radius 2 is 2.18 bits per heavy atom. The molecule has 22 heavy (non-hydrogen) atoms. The summed E-state index contributed by atoms with van der Waals surface area (Å²) in [5.41, 5.74) is 1.23. The summed E-state index contributed by atoms with van der Waals surface area (Å²) in [6.07, 6.45) is 3.45. The molecule has 1 aromatic heterocycles. The molecule has 0 unspecified atom stereocenters. The number of hydrogen-bond donors (Lipinski definition) is 2. The number of carbonyl (C=O) groups excluding carboxylic acids is 1. The third-order valence-electron chi connectivity index (χ3n) is 3.33. The molecule has 2 aromatic rings. The van der Waals surface area contributed by atoms with Gasteiger partial charge in [-0.15, -0.1) is 0 Å². The van der Waals surface area contributed by atoms with Gasteiger partial charge in [-0.3, -0.25) is 9.48 Å². The van der Waals surface area contributed by atoms with Gasteiger partial charge in [-0.25, -0.2) is 4.79 Å². The molecule has 0 aliphatic carbocycles. The molecular weight excluding hydrogens is 350 g/mol. The van der Waals surface area contributed by atoms with Crippen LogP contribution in [0.3, 0.4) is 0 Å². The summed E-state index contributed by atoms with van der Waals surface area (Å²) >= 11 is 3.30. The normalized spacial score (nSPS) is 12.0. The maximum atomic E-state index is 12.2. The van der Waals surface area contributed by atoms with Crippen LogP contribution in [-0.2, 0) is 11.3 Å². The number of nitrogens with one attached hydrogen (secondary N) is 1. The van der Waals surface area contributed by atoms with Crippen molar-refractivity contribution in [3.63, 3.8) is 0 Å². The highest BCUT2D eigenvalue weighted by Crippen LogP contribution is 2.20. The second kappa shape index (κ2) is 6.74. The Bertz CT molecular complexity index is 712. The van der Waals surface area contributed by atoms with Gasteiger partial charge in [0.2, 0.25) is 5.91 Å². The van der Waals surface area contributed by atoms with Gasteiger partial charge < -0.3 is 10.4 Å². The van der Waals surface area contributed by atoms with Crippen LogP contribution in [0.5, 0.6) is 0 Å².